The lowest BCUT2D eigenvalue weighted by atomic mass is 9.76. The number of amides is 2. The van der Waals surface area contributed by atoms with Gasteiger partial charge in [-0.25, -0.2) is 0 Å². The number of fused-ring (bicyclic) bond motifs is 9. The van der Waals surface area contributed by atoms with Crippen LogP contribution in [0.1, 0.15) is 35.2 Å². The summed E-state index contributed by atoms with van der Waals surface area (Å²) in [5, 5.41) is 13.7. The number of carbonyl (C=O) groups excluding carboxylic acids is 2. The van der Waals surface area contributed by atoms with Crippen molar-refractivity contribution in [3.05, 3.63) is 83.1 Å². The summed E-state index contributed by atoms with van der Waals surface area (Å²) < 4.78 is 0. The fourth-order valence-electron chi connectivity index (χ4n) is 6.01. The van der Waals surface area contributed by atoms with E-state index in [9.17, 15) is 14.7 Å². The molecule has 0 bridgehead atoms. The Bertz CT molecular complexity index is 1380. The lowest BCUT2D eigenvalue weighted by molar-refractivity contribution is -0.123. The molecule has 4 atom stereocenters. The molecule has 2 aliphatic carbocycles. The topological polar surface area (TPSA) is 85.4 Å². The molecule has 2 aliphatic heterocycles. The molecule has 6 nitrogen and oxygen atoms in total. The Balaban J connectivity index is 1.57. The number of aliphatic hydroxyl groups is 1. The highest BCUT2D eigenvalue weighted by Gasteiger charge is 2.54. The minimum Gasteiger partial charge on any atom is -0.389 e. The van der Waals surface area contributed by atoms with Crippen LogP contribution in [-0.4, -0.2) is 34.1 Å². The normalized spacial score (nSPS) is 28.1. The summed E-state index contributed by atoms with van der Waals surface area (Å²) in [6, 6.07) is 15.9. The van der Waals surface area contributed by atoms with Crippen molar-refractivity contribution in [1.29, 1.82) is 0 Å². The van der Waals surface area contributed by atoms with Gasteiger partial charge in [0.15, 0.2) is 0 Å². The second kappa shape index (κ2) is 5.74. The summed E-state index contributed by atoms with van der Waals surface area (Å²) in [5.41, 5.74) is 5.89. The molecule has 3 unspecified atom stereocenters. The molecular weight excluding hydrogens is 390 g/mol. The number of hydrogen-bond donors (Lipinski definition) is 3. The smallest absolute Gasteiger partial charge is 0.259 e. The first-order valence-electron chi connectivity index (χ1n) is 10.6. The molecule has 3 N–H and O–H groups in total. The number of aliphatic hydroxyl groups excluding tert-OH is 1. The van der Waals surface area contributed by atoms with Crippen molar-refractivity contribution in [3.8, 4) is 0 Å². The minimum atomic E-state index is -0.479. The van der Waals surface area contributed by atoms with Gasteiger partial charge in [-0.1, -0.05) is 48.6 Å². The molecular formula is C25H19N3O3. The van der Waals surface area contributed by atoms with Crippen LogP contribution in [0.15, 0.2) is 66.3 Å². The van der Waals surface area contributed by atoms with E-state index in [4.69, 9.17) is 0 Å². The molecule has 31 heavy (non-hydrogen) atoms. The predicted molar refractivity (Wildman–Crippen MR) is 116 cm³/mol. The number of H-pyrrole nitrogens is 1. The molecule has 3 aromatic rings. The number of aromatic amines is 1. The Hall–Kier alpha value is -3.64. The zero-order valence-electron chi connectivity index (χ0n) is 16.5. The van der Waals surface area contributed by atoms with Gasteiger partial charge in [-0.05, 0) is 17.7 Å². The summed E-state index contributed by atoms with van der Waals surface area (Å²) in [4.78, 5) is 31.9. The van der Waals surface area contributed by atoms with Gasteiger partial charge in [0.1, 0.15) is 0 Å². The molecule has 152 valence electrons. The standard InChI is InChI=1S/C25H19N3O3/c29-13-10-9-12(11-13)28-17-8-4-2-6-15(17)19-21-20(24(30)27-25(21)31)18-14-5-1-3-7-16(14)26-22(18)23(19)28/h1-10,12-13,19,23,26,29H,11H2,(H,27,30,31)/t12?,13-,19?,23?/m0/s1. The van der Waals surface area contributed by atoms with Gasteiger partial charge in [0.25, 0.3) is 11.8 Å². The van der Waals surface area contributed by atoms with Gasteiger partial charge >= 0.3 is 0 Å². The highest BCUT2D eigenvalue weighted by atomic mass is 16.3. The zero-order chi connectivity index (χ0) is 20.9. The Kier molecular flexibility index (Phi) is 3.16. The van der Waals surface area contributed by atoms with Crippen molar-refractivity contribution < 1.29 is 14.7 Å². The highest BCUT2D eigenvalue weighted by molar-refractivity contribution is 6.38. The molecule has 2 aromatic carbocycles. The monoisotopic (exact) mass is 409 g/mol. The quantitative estimate of drug-likeness (QED) is 0.426. The van der Waals surface area contributed by atoms with E-state index in [-0.39, 0.29) is 29.8 Å². The van der Waals surface area contributed by atoms with Gasteiger partial charge in [-0.3, -0.25) is 14.9 Å². The number of para-hydroxylation sites is 2. The zero-order valence-corrected chi connectivity index (χ0v) is 16.5. The number of rotatable bonds is 1. The van der Waals surface area contributed by atoms with Crippen LogP contribution in [-0.2, 0) is 9.59 Å². The third kappa shape index (κ3) is 2.05. The van der Waals surface area contributed by atoms with E-state index in [1.54, 1.807) is 0 Å². The van der Waals surface area contributed by atoms with Crippen molar-refractivity contribution >= 4 is 34.0 Å². The Morgan fingerprint density at radius 1 is 0.968 bits per heavy atom. The lowest BCUT2D eigenvalue weighted by Crippen LogP contribution is -2.38. The van der Waals surface area contributed by atoms with E-state index < -0.39 is 6.10 Å². The first-order valence-corrected chi connectivity index (χ1v) is 10.6. The molecule has 0 saturated heterocycles. The van der Waals surface area contributed by atoms with E-state index in [2.05, 4.69) is 33.4 Å². The molecule has 2 amide bonds. The highest BCUT2D eigenvalue weighted by Crippen LogP contribution is 2.60. The van der Waals surface area contributed by atoms with Crippen LogP contribution in [0, 0.1) is 0 Å². The number of hydrogen-bond acceptors (Lipinski definition) is 4. The number of anilines is 1. The Morgan fingerprint density at radius 3 is 2.61 bits per heavy atom. The van der Waals surface area contributed by atoms with E-state index in [1.807, 2.05) is 42.5 Å². The van der Waals surface area contributed by atoms with Gasteiger partial charge in [0.05, 0.1) is 23.8 Å². The Morgan fingerprint density at radius 2 is 1.77 bits per heavy atom. The molecule has 1 aromatic heterocycles. The number of nitrogens with one attached hydrogen (secondary N) is 2. The second-order valence-corrected chi connectivity index (χ2v) is 8.68. The van der Waals surface area contributed by atoms with Gasteiger partial charge in [0.2, 0.25) is 0 Å². The number of nitrogens with zero attached hydrogens (tertiary/aromatic N) is 1. The summed E-state index contributed by atoms with van der Waals surface area (Å²) in [7, 11) is 0. The van der Waals surface area contributed by atoms with E-state index in [0.29, 0.717) is 17.6 Å². The second-order valence-electron chi connectivity index (χ2n) is 8.68. The van der Waals surface area contributed by atoms with Gasteiger partial charge < -0.3 is 15.0 Å². The molecule has 3 heterocycles. The van der Waals surface area contributed by atoms with E-state index in [0.717, 1.165) is 33.4 Å². The fourth-order valence-corrected chi connectivity index (χ4v) is 6.01. The predicted octanol–water partition coefficient (Wildman–Crippen LogP) is 2.93. The molecule has 0 spiro atoms. The van der Waals surface area contributed by atoms with Crippen molar-refractivity contribution in [1.82, 2.24) is 10.3 Å². The van der Waals surface area contributed by atoms with Gasteiger partial charge in [-0.2, -0.15) is 0 Å². The van der Waals surface area contributed by atoms with Crippen LogP contribution in [0.2, 0.25) is 0 Å². The Labute approximate surface area is 177 Å². The summed E-state index contributed by atoms with van der Waals surface area (Å²) in [5.74, 6) is -0.870. The third-order valence-corrected chi connectivity index (χ3v) is 7.12. The average Bonchev–Trinajstić information content (AvgIpc) is 3.50. The van der Waals surface area contributed by atoms with E-state index in [1.165, 1.54) is 0 Å². The van der Waals surface area contributed by atoms with Crippen LogP contribution >= 0.6 is 0 Å². The molecule has 7 rings (SSSR count). The number of aromatic nitrogens is 1. The molecule has 6 heteroatoms. The molecule has 4 aliphatic rings. The average molecular weight is 409 g/mol. The van der Waals surface area contributed by atoms with Crippen molar-refractivity contribution in [2.75, 3.05) is 4.90 Å². The first kappa shape index (κ1) is 17.1. The lowest BCUT2D eigenvalue weighted by Gasteiger charge is -2.37. The van der Waals surface area contributed by atoms with Crippen molar-refractivity contribution in [2.45, 2.75) is 30.5 Å². The maximum atomic E-state index is 13.0. The van der Waals surface area contributed by atoms with Crippen molar-refractivity contribution in [2.24, 2.45) is 0 Å². The number of benzene rings is 2. The maximum absolute atomic E-state index is 13.0. The summed E-state index contributed by atoms with van der Waals surface area (Å²) in [6.45, 7) is 0. The number of carbonyl (C=O) groups is 2. The molecule has 0 fully saturated rings. The van der Waals surface area contributed by atoms with E-state index >= 15 is 0 Å². The summed E-state index contributed by atoms with van der Waals surface area (Å²) in [6.07, 6.45) is 4.01. The van der Waals surface area contributed by atoms with Gasteiger partial charge in [-0.15, -0.1) is 0 Å². The number of imide groups is 1. The van der Waals surface area contributed by atoms with Crippen molar-refractivity contribution in [3.63, 3.8) is 0 Å². The van der Waals surface area contributed by atoms with Crippen LogP contribution < -0.4 is 10.2 Å². The van der Waals surface area contributed by atoms with Crippen LogP contribution in [0.4, 0.5) is 5.69 Å². The molecule has 0 saturated carbocycles. The third-order valence-electron chi connectivity index (χ3n) is 7.12. The first-order chi connectivity index (χ1) is 15.1. The maximum Gasteiger partial charge on any atom is 0.259 e. The van der Waals surface area contributed by atoms with Crippen LogP contribution in [0.25, 0.3) is 16.5 Å². The minimum absolute atomic E-state index is 0.00716. The van der Waals surface area contributed by atoms with Gasteiger partial charge in [0, 0.05) is 45.8 Å². The van der Waals surface area contributed by atoms with Crippen LogP contribution in [0.3, 0.4) is 0 Å². The SMILES string of the molecule is O=C1NC(=O)C2=C1c1c([nH]c3ccccc13)C1C2c2ccccc2N1C1C=C[C@H](O)C1. The largest absolute Gasteiger partial charge is 0.389 e. The summed E-state index contributed by atoms with van der Waals surface area (Å²) >= 11 is 0. The van der Waals surface area contributed by atoms with Crippen LogP contribution in [0.5, 0.6) is 0 Å². The fraction of sp³-hybridized carbons (Fsp3) is 0.200. The molecule has 0 radical (unpaired) electrons.